The molecular weight excluding hydrogens is 241 g/mol. The van der Waals surface area contributed by atoms with E-state index in [1.54, 1.807) is 16.8 Å². The van der Waals surface area contributed by atoms with Crippen molar-refractivity contribution >= 4 is 33.2 Å². The molecule has 0 saturated carbocycles. The van der Waals surface area contributed by atoms with Crippen LogP contribution in [0.15, 0.2) is 16.7 Å². The second kappa shape index (κ2) is 2.71. The summed E-state index contributed by atoms with van der Waals surface area (Å²) in [6, 6.07) is 1.77. The molecule has 0 unspecified atom stereocenters. The van der Waals surface area contributed by atoms with Crippen LogP contribution in [0.4, 0.5) is 0 Å². The average molecular weight is 246 g/mol. The molecule has 2 aromatic heterocycles. The highest BCUT2D eigenvalue weighted by Crippen LogP contribution is 2.19. The third kappa shape index (κ3) is 1.11. The van der Waals surface area contributed by atoms with Gasteiger partial charge in [0, 0.05) is 5.69 Å². The number of nitrogens with zero attached hydrogens (tertiary/aromatic N) is 3. The molecule has 0 aromatic carbocycles. The first-order valence-corrected chi connectivity index (χ1v) is 4.52. The molecule has 0 bridgehead atoms. The monoisotopic (exact) mass is 245 g/mol. The number of hydrogen-bond acceptors (Lipinski definition) is 2. The summed E-state index contributed by atoms with van der Waals surface area (Å²) in [6.07, 6.45) is 1.67. The van der Waals surface area contributed by atoms with Gasteiger partial charge in [-0.2, -0.15) is 5.10 Å². The van der Waals surface area contributed by atoms with E-state index in [0.29, 0.717) is 5.15 Å². The summed E-state index contributed by atoms with van der Waals surface area (Å²) in [6.45, 7) is 1.89. The van der Waals surface area contributed by atoms with Gasteiger partial charge in [0.05, 0.1) is 10.7 Å². The van der Waals surface area contributed by atoms with Crippen molar-refractivity contribution in [2.45, 2.75) is 6.92 Å². The van der Waals surface area contributed by atoms with Crippen molar-refractivity contribution in [1.29, 1.82) is 0 Å². The summed E-state index contributed by atoms with van der Waals surface area (Å²) >= 11 is 9.25. The zero-order valence-electron chi connectivity index (χ0n) is 6.25. The van der Waals surface area contributed by atoms with E-state index in [2.05, 4.69) is 26.0 Å². The van der Waals surface area contributed by atoms with Gasteiger partial charge in [0.15, 0.2) is 5.65 Å². The van der Waals surface area contributed by atoms with Crippen LogP contribution in [-0.2, 0) is 0 Å². The highest BCUT2D eigenvalue weighted by Gasteiger charge is 2.05. The molecule has 3 nitrogen and oxygen atoms in total. The molecule has 2 aromatic rings. The van der Waals surface area contributed by atoms with E-state index in [-0.39, 0.29) is 0 Å². The van der Waals surface area contributed by atoms with Crippen molar-refractivity contribution in [2.75, 3.05) is 0 Å². The SMILES string of the molecule is Cc1cc(Cl)n2ncc(Br)c2n1. The summed E-state index contributed by atoms with van der Waals surface area (Å²) in [5.74, 6) is 0. The summed E-state index contributed by atoms with van der Waals surface area (Å²) in [5, 5.41) is 4.61. The molecule has 0 radical (unpaired) electrons. The Morgan fingerprint density at radius 2 is 2.33 bits per heavy atom. The summed E-state index contributed by atoms with van der Waals surface area (Å²) in [4.78, 5) is 4.27. The van der Waals surface area contributed by atoms with Crippen molar-refractivity contribution in [2.24, 2.45) is 0 Å². The molecular formula is C7H5BrClN3. The minimum absolute atomic E-state index is 0.572. The molecule has 0 aliphatic heterocycles. The zero-order chi connectivity index (χ0) is 8.72. The fraction of sp³-hybridized carbons (Fsp3) is 0.143. The fourth-order valence-electron chi connectivity index (χ4n) is 1.01. The Bertz CT molecular complexity index is 437. The highest BCUT2D eigenvalue weighted by molar-refractivity contribution is 9.10. The van der Waals surface area contributed by atoms with Gasteiger partial charge in [0.25, 0.3) is 0 Å². The summed E-state index contributed by atoms with van der Waals surface area (Å²) < 4.78 is 2.44. The molecule has 5 heteroatoms. The fourth-order valence-corrected chi connectivity index (χ4v) is 1.64. The van der Waals surface area contributed by atoms with Gasteiger partial charge in [0.2, 0.25) is 0 Å². The third-order valence-corrected chi connectivity index (χ3v) is 2.34. The van der Waals surface area contributed by atoms with Gasteiger partial charge in [-0.1, -0.05) is 11.6 Å². The number of halogens is 2. The van der Waals surface area contributed by atoms with Gasteiger partial charge >= 0.3 is 0 Å². The van der Waals surface area contributed by atoms with Crippen LogP contribution in [0, 0.1) is 6.92 Å². The first-order valence-electron chi connectivity index (χ1n) is 3.35. The van der Waals surface area contributed by atoms with Crippen molar-refractivity contribution in [3.05, 3.63) is 27.6 Å². The van der Waals surface area contributed by atoms with E-state index < -0.39 is 0 Å². The van der Waals surface area contributed by atoms with Crippen LogP contribution in [0.3, 0.4) is 0 Å². The van der Waals surface area contributed by atoms with Gasteiger partial charge in [-0.25, -0.2) is 9.50 Å². The van der Waals surface area contributed by atoms with Crippen molar-refractivity contribution < 1.29 is 0 Å². The lowest BCUT2D eigenvalue weighted by Crippen LogP contribution is -1.93. The summed E-state index contributed by atoms with van der Waals surface area (Å²) in [5.41, 5.74) is 1.63. The maximum atomic E-state index is 5.92. The topological polar surface area (TPSA) is 30.2 Å². The van der Waals surface area contributed by atoms with Gasteiger partial charge in [-0.15, -0.1) is 0 Å². The van der Waals surface area contributed by atoms with E-state index in [9.17, 15) is 0 Å². The molecule has 0 aliphatic rings. The number of aryl methyl sites for hydroxylation is 1. The predicted molar refractivity (Wildman–Crippen MR) is 50.4 cm³/mol. The molecule has 0 fully saturated rings. The normalized spacial score (nSPS) is 10.9. The van der Waals surface area contributed by atoms with Crippen LogP contribution in [0.1, 0.15) is 5.69 Å². The zero-order valence-corrected chi connectivity index (χ0v) is 8.59. The van der Waals surface area contributed by atoms with Crippen molar-refractivity contribution in [3.63, 3.8) is 0 Å². The van der Waals surface area contributed by atoms with Crippen LogP contribution in [0.5, 0.6) is 0 Å². The molecule has 0 saturated heterocycles. The van der Waals surface area contributed by atoms with Crippen LogP contribution >= 0.6 is 27.5 Å². The Morgan fingerprint density at radius 1 is 1.58 bits per heavy atom. The minimum Gasteiger partial charge on any atom is -0.233 e. The number of fused-ring (bicyclic) bond motifs is 1. The van der Waals surface area contributed by atoms with E-state index in [0.717, 1.165) is 15.8 Å². The summed E-state index contributed by atoms with van der Waals surface area (Å²) in [7, 11) is 0. The minimum atomic E-state index is 0.572. The quantitative estimate of drug-likeness (QED) is 0.669. The van der Waals surface area contributed by atoms with E-state index in [1.807, 2.05) is 6.92 Å². The Kier molecular flexibility index (Phi) is 1.81. The molecule has 62 valence electrons. The van der Waals surface area contributed by atoms with Crippen molar-refractivity contribution in [3.8, 4) is 0 Å². The molecule has 0 N–H and O–H groups in total. The molecule has 12 heavy (non-hydrogen) atoms. The van der Waals surface area contributed by atoms with Gasteiger partial charge in [-0.3, -0.25) is 0 Å². The molecule has 0 amide bonds. The van der Waals surface area contributed by atoms with Gasteiger partial charge in [-0.05, 0) is 28.9 Å². The maximum absolute atomic E-state index is 5.92. The Balaban J connectivity index is 2.92. The molecule has 0 spiro atoms. The van der Waals surface area contributed by atoms with Gasteiger partial charge in [0.1, 0.15) is 5.15 Å². The first-order chi connectivity index (χ1) is 5.68. The average Bonchev–Trinajstić information content (AvgIpc) is 2.33. The molecule has 2 rings (SSSR count). The van der Waals surface area contributed by atoms with Gasteiger partial charge < -0.3 is 0 Å². The Morgan fingerprint density at radius 3 is 3.08 bits per heavy atom. The number of rotatable bonds is 0. The smallest absolute Gasteiger partial charge is 0.171 e. The second-order valence-corrected chi connectivity index (χ2v) is 3.69. The van der Waals surface area contributed by atoms with E-state index >= 15 is 0 Å². The van der Waals surface area contributed by atoms with Crippen LogP contribution in [0.2, 0.25) is 5.15 Å². The molecule has 0 aliphatic carbocycles. The van der Waals surface area contributed by atoms with Crippen LogP contribution in [-0.4, -0.2) is 14.6 Å². The molecule has 2 heterocycles. The molecule has 0 atom stereocenters. The van der Waals surface area contributed by atoms with Crippen LogP contribution in [0.25, 0.3) is 5.65 Å². The number of hydrogen-bond donors (Lipinski definition) is 0. The first kappa shape index (κ1) is 8.01. The van der Waals surface area contributed by atoms with Crippen molar-refractivity contribution in [1.82, 2.24) is 14.6 Å². The maximum Gasteiger partial charge on any atom is 0.171 e. The second-order valence-electron chi connectivity index (χ2n) is 2.45. The van der Waals surface area contributed by atoms with E-state index in [1.165, 1.54) is 0 Å². The lowest BCUT2D eigenvalue weighted by molar-refractivity contribution is 0.930. The van der Waals surface area contributed by atoms with Crippen LogP contribution < -0.4 is 0 Å². The standard InChI is InChI=1S/C7H5BrClN3/c1-4-2-6(9)12-7(11-4)5(8)3-10-12/h2-3H,1H3. The number of aromatic nitrogens is 3. The lowest BCUT2D eigenvalue weighted by Gasteiger charge is -1.97. The lowest BCUT2D eigenvalue weighted by atomic mass is 10.4. The Labute approximate surface area is 82.5 Å². The third-order valence-electron chi connectivity index (χ3n) is 1.51. The Hall–Kier alpha value is -0.610. The largest absolute Gasteiger partial charge is 0.233 e. The predicted octanol–water partition coefficient (Wildman–Crippen LogP) is 2.45. The highest BCUT2D eigenvalue weighted by atomic mass is 79.9. The van der Waals surface area contributed by atoms with E-state index in [4.69, 9.17) is 11.6 Å².